The van der Waals surface area contributed by atoms with Crippen molar-refractivity contribution in [2.24, 2.45) is 17.3 Å². The number of nitrogens with one attached hydrogen (secondary N) is 2. The first-order valence-corrected chi connectivity index (χ1v) is 9.32. The SMILES string of the molecule is CC(C)[NH+]1CC=C2C(C#N)C(=N)C(C#N)(C#N)[C@@H](c3ccsc3)[C@H]2C1. The Hall–Kier alpha value is -2.46. The lowest BCUT2D eigenvalue weighted by molar-refractivity contribution is -0.920. The van der Waals surface area contributed by atoms with Crippen LogP contribution in [0, 0.1) is 56.7 Å². The lowest BCUT2D eigenvalue weighted by atomic mass is 9.54. The van der Waals surface area contributed by atoms with Gasteiger partial charge in [-0.15, -0.1) is 0 Å². The van der Waals surface area contributed by atoms with E-state index in [-0.39, 0.29) is 11.6 Å². The summed E-state index contributed by atoms with van der Waals surface area (Å²) in [5, 5.41) is 41.9. The highest BCUT2D eigenvalue weighted by Gasteiger charge is 2.58. The first kappa shape index (κ1) is 17.4. The molecule has 1 aromatic rings. The summed E-state index contributed by atoms with van der Waals surface area (Å²) in [6.45, 7) is 5.91. The molecule has 4 atom stereocenters. The van der Waals surface area contributed by atoms with Gasteiger partial charge in [-0.1, -0.05) is 0 Å². The molecule has 126 valence electrons. The smallest absolute Gasteiger partial charge is 0.190 e. The Bertz CT molecular complexity index is 817. The topological polar surface area (TPSA) is 99.7 Å². The molecule has 1 aromatic heterocycles. The van der Waals surface area contributed by atoms with Gasteiger partial charge < -0.3 is 10.3 Å². The van der Waals surface area contributed by atoms with Crippen molar-refractivity contribution >= 4 is 17.0 Å². The summed E-state index contributed by atoms with van der Waals surface area (Å²) in [6, 6.07) is 8.80. The molecule has 5 nitrogen and oxygen atoms in total. The number of nitriles is 3. The molecule has 0 amide bonds. The molecule has 2 unspecified atom stereocenters. The van der Waals surface area contributed by atoms with Crippen molar-refractivity contribution in [1.29, 1.82) is 21.2 Å². The Kier molecular flexibility index (Phi) is 4.48. The molecule has 3 rings (SSSR count). The molecule has 0 aromatic carbocycles. The monoisotopic (exact) mass is 350 g/mol. The zero-order chi connectivity index (χ0) is 18.2. The highest BCUT2D eigenvalue weighted by Crippen LogP contribution is 2.52. The van der Waals surface area contributed by atoms with E-state index >= 15 is 0 Å². The molecule has 2 N–H and O–H groups in total. The van der Waals surface area contributed by atoms with Gasteiger partial charge in [0.25, 0.3) is 0 Å². The summed E-state index contributed by atoms with van der Waals surface area (Å²) >= 11 is 1.53. The first-order valence-electron chi connectivity index (χ1n) is 8.37. The molecule has 0 saturated heterocycles. The second-order valence-electron chi connectivity index (χ2n) is 7.07. The summed E-state index contributed by atoms with van der Waals surface area (Å²) in [5.41, 5.74) is 0.208. The van der Waals surface area contributed by atoms with Crippen molar-refractivity contribution in [3.63, 3.8) is 0 Å². The highest BCUT2D eigenvalue weighted by atomic mass is 32.1. The third-order valence-electron chi connectivity index (χ3n) is 5.63. The molecule has 6 heteroatoms. The van der Waals surface area contributed by atoms with Crippen molar-refractivity contribution in [3.8, 4) is 18.2 Å². The minimum absolute atomic E-state index is 0.0632. The van der Waals surface area contributed by atoms with Gasteiger partial charge in [-0.3, -0.25) is 0 Å². The van der Waals surface area contributed by atoms with Crippen LogP contribution in [0.4, 0.5) is 0 Å². The first-order chi connectivity index (χ1) is 12.0. The summed E-state index contributed by atoms with van der Waals surface area (Å²) in [4.78, 5) is 1.38. The van der Waals surface area contributed by atoms with Gasteiger partial charge in [-0.2, -0.15) is 27.1 Å². The summed E-state index contributed by atoms with van der Waals surface area (Å²) < 4.78 is 0. The number of nitrogens with zero attached hydrogens (tertiary/aromatic N) is 3. The molecule has 0 spiro atoms. The molecule has 25 heavy (non-hydrogen) atoms. The number of thiophene rings is 1. The Morgan fingerprint density at radius 1 is 1.32 bits per heavy atom. The second kappa shape index (κ2) is 6.45. The molecule has 0 radical (unpaired) electrons. The molecule has 1 fully saturated rings. The predicted octanol–water partition coefficient (Wildman–Crippen LogP) is 1.89. The maximum Gasteiger partial charge on any atom is 0.190 e. The van der Waals surface area contributed by atoms with E-state index in [1.165, 1.54) is 16.2 Å². The van der Waals surface area contributed by atoms with Gasteiger partial charge in [-0.25, -0.2) is 0 Å². The molecule has 1 aliphatic heterocycles. The molecular weight excluding hydrogens is 330 g/mol. The largest absolute Gasteiger partial charge is 0.329 e. The normalized spacial score (nSPS) is 30.6. The van der Waals surface area contributed by atoms with Gasteiger partial charge in [0.05, 0.1) is 43.1 Å². The zero-order valence-electron chi connectivity index (χ0n) is 14.3. The van der Waals surface area contributed by atoms with Crippen LogP contribution < -0.4 is 4.90 Å². The standard InChI is InChI=1S/C19H19N5S/c1-12(2)24-5-3-14-15(7-20)18(23)19(10-21,11-22)17(16(14)8-24)13-4-6-25-9-13/h3-4,6,9,12,15-17,23H,5,8H2,1-2H3/p+1/t15?,16-,17-/m0/s1. The van der Waals surface area contributed by atoms with E-state index in [2.05, 4.69) is 38.1 Å². The lowest BCUT2D eigenvalue weighted by Crippen LogP contribution is -3.16. The van der Waals surface area contributed by atoms with E-state index in [0.29, 0.717) is 6.04 Å². The molecule has 0 bridgehead atoms. The van der Waals surface area contributed by atoms with Crippen molar-refractivity contribution in [1.82, 2.24) is 0 Å². The van der Waals surface area contributed by atoms with Crippen molar-refractivity contribution in [2.45, 2.75) is 25.8 Å². The van der Waals surface area contributed by atoms with Crippen LogP contribution in [0.15, 0.2) is 28.5 Å². The van der Waals surface area contributed by atoms with E-state index in [1.807, 2.05) is 16.8 Å². The van der Waals surface area contributed by atoms with Crippen molar-refractivity contribution in [3.05, 3.63) is 34.0 Å². The van der Waals surface area contributed by atoms with Crippen LogP contribution >= 0.6 is 11.3 Å². The van der Waals surface area contributed by atoms with E-state index < -0.39 is 17.3 Å². The summed E-state index contributed by atoms with van der Waals surface area (Å²) in [5.74, 6) is -1.24. The quantitative estimate of drug-likeness (QED) is 0.797. The van der Waals surface area contributed by atoms with Crippen LogP contribution in [0.1, 0.15) is 25.3 Å². The summed E-state index contributed by atoms with van der Waals surface area (Å²) in [6.07, 6.45) is 2.07. The van der Waals surface area contributed by atoms with E-state index in [1.54, 1.807) is 0 Å². The molecule has 2 heterocycles. The Balaban J connectivity index is 2.21. The molecule has 1 aliphatic carbocycles. The van der Waals surface area contributed by atoms with Crippen LogP contribution in [-0.2, 0) is 0 Å². The summed E-state index contributed by atoms with van der Waals surface area (Å²) in [7, 11) is 0. The Morgan fingerprint density at radius 2 is 2.04 bits per heavy atom. The maximum absolute atomic E-state index is 9.91. The Morgan fingerprint density at radius 3 is 2.56 bits per heavy atom. The minimum atomic E-state index is -1.58. The van der Waals surface area contributed by atoms with Crippen molar-refractivity contribution in [2.75, 3.05) is 13.1 Å². The van der Waals surface area contributed by atoms with E-state index in [9.17, 15) is 15.8 Å². The predicted molar refractivity (Wildman–Crippen MR) is 95.0 cm³/mol. The zero-order valence-corrected chi connectivity index (χ0v) is 15.1. The van der Waals surface area contributed by atoms with Gasteiger partial charge in [0.2, 0.25) is 0 Å². The van der Waals surface area contributed by atoms with Crippen LogP contribution in [0.5, 0.6) is 0 Å². The fourth-order valence-electron chi connectivity index (χ4n) is 4.22. The second-order valence-corrected chi connectivity index (χ2v) is 7.85. The van der Waals surface area contributed by atoms with Crippen LogP contribution in [0.2, 0.25) is 0 Å². The van der Waals surface area contributed by atoms with Gasteiger partial charge in [0, 0.05) is 11.8 Å². The van der Waals surface area contributed by atoms with Crippen LogP contribution in [0.25, 0.3) is 0 Å². The van der Waals surface area contributed by atoms with E-state index in [0.717, 1.165) is 24.2 Å². The molecule has 1 saturated carbocycles. The number of quaternary nitrogens is 1. The third-order valence-corrected chi connectivity index (χ3v) is 6.33. The molecular formula is C19H20N5S+. The maximum atomic E-state index is 9.91. The van der Waals surface area contributed by atoms with Gasteiger partial charge >= 0.3 is 0 Å². The fraction of sp³-hybridized carbons (Fsp3) is 0.474. The van der Waals surface area contributed by atoms with Gasteiger partial charge in [0.15, 0.2) is 5.41 Å². The van der Waals surface area contributed by atoms with Crippen molar-refractivity contribution < 1.29 is 4.90 Å². The van der Waals surface area contributed by atoms with Gasteiger partial charge in [-0.05, 0) is 47.9 Å². The average molecular weight is 350 g/mol. The fourth-order valence-corrected chi connectivity index (χ4v) is 4.92. The number of rotatable bonds is 2. The minimum Gasteiger partial charge on any atom is -0.329 e. The number of hydrogen-bond acceptors (Lipinski definition) is 5. The number of fused-ring (bicyclic) bond motifs is 1. The average Bonchev–Trinajstić information content (AvgIpc) is 3.14. The molecule has 2 aliphatic rings. The lowest BCUT2D eigenvalue weighted by Gasteiger charge is -2.46. The highest BCUT2D eigenvalue weighted by molar-refractivity contribution is 7.08. The third kappa shape index (κ3) is 2.48. The van der Waals surface area contributed by atoms with E-state index in [4.69, 9.17) is 5.41 Å². The Labute approximate surface area is 151 Å². The number of hydrogen-bond donors (Lipinski definition) is 2. The van der Waals surface area contributed by atoms with Crippen LogP contribution in [0.3, 0.4) is 0 Å². The van der Waals surface area contributed by atoms with Crippen LogP contribution in [-0.4, -0.2) is 24.8 Å². The van der Waals surface area contributed by atoms with Gasteiger partial charge in [0.1, 0.15) is 5.92 Å².